The summed E-state index contributed by atoms with van der Waals surface area (Å²) in [6, 6.07) is 132. The molecule has 6 aromatic heterocycles. The minimum atomic E-state index is 0.239. The van der Waals surface area contributed by atoms with Gasteiger partial charge in [-0.05, 0) is 183 Å². The smallest absolute Gasteiger partial charge is 0.0702 e. The van der Waals surface area contributed by atoms with Gasteiger partial charge in [0.1, 0.15) is 0 Å². The molecule has 4 unspecified atom stereocenters. The van der Waals surface area contributed by atoms with Gasteiger partial charge in [-0.1, -0.05) is 322 Å². The molecule has 6 nitrogen and oxygen atoms in total. The summed E-state index contributed by atoms with van der Waals surface area (Å²) >= 11 is 0. The van der Waals surface area contributed by atoms with E-state index in [2.05, 4.69) is 401 Å². The monoisotopic (exact) mass is 1460 g/mol. The van der Waals surface area contributed by atoms with E-state index in [0.29, 0.717) is 0 Å². The maximum Gasteiger partial charge on any atom is 0.0702 e. The molecule has 0 spiro atoms. The molecule has 0 saturated heterocycles. The molecule has 2 saturated carbocycles. The summed E-state index contributed by atoms with van der Waals surface area (Å²) in [6.45, 7) is 0. The van der Waals surface area contributed by atoms with Crippen molar-refractivity contribution in [1.29, 1.82) is 0 Å². The van der Waals surface area contributed by atoms with Gasteiger partial charge in [-0.3, -0.25) is 29.9 Å². The average molecular weight is 1470 g/mol. The van der Waals surface area contributed by atoms with Crippen LogP contribution in [-0.4, -0.2) is 29.9 Å². The number of benzene rings is 11. The normalized spacial score (nSPS) is 16.7. The maximum atomic E-state index is 5.30. The number of nitrogens with zero attached hydrogens (tertiary/aromatic N) is 6. The van der Waals surface area contributed by atoms with Crippen LogP contribution in [0, 0.1) is 0 Å². The Bertz CT molecular complexity index is 5510. The molecule has 0 radical (unpaired) electrons. The lowest BCUT2D eigenvalue weighted by molar-refractivity contribution is 0.353. The predicted octanol–water partition coefficient (Wildman–Crippen LogP) is 27.7. The Morgan fingerprint density at radius 2 is 0.307 bits per heavy atom. The summed E-state index contributed by atoms with van der Waals surface area (Å²) in [6.07, 6.45) is 18.4. The van der Waals surface area contributed by atoms with E-state index in [4.69, 9.17) is 29.9 Å². The van der Waals surface area contributed by atoms with E-state index >= 15 is 0 Å². The fourth-order valence-corrected chi connectivity index (χ4v) is 18.5. The fourth-order valence-electron chi connectivity index (χ4n) is 18.5. The van der Waals surface area contributed by atoms with Crippen molar-refractivity contribution in [2.45, 2.75) is 74.0 Å². The number of pyridine rings is 6. The molecule has 114 heavy (non-hydrogen) atoms. The second-order valence-corrected chi connectivity index (χ2v) is 30.8. The van der Waals surface area contributed by atoms with Crippen molar-refractivity contribution in [2.75, 3.05) is 0 Å². The zero-order valence-corrected chi connectivity index (χ0v) is 63.5. The van der Waals surface area contributed by atoms with E-state index in [0.717, 1.165) is 139 Å². The molecule has 6 heteroatoms. The quantitative estimate of drug-likeness (QED) is 0.0852. The lowest BCUT2D eigenvalue weighted by atomic mass is 9.66. The fraction of sp³-hybridized carbons (Fsp3) is 0.111. The molecule has 0 N–H and O–H groups in total. The molecule has 0 aliphatic heterocycles. The van der Waals surface area contributed by atoms with E-state index in [-0.39, 0.29) is 35.5 Å². The third kappa shape index (κ3) is 14.9. The predicted molar refractivity (Wildman–Crippen MR) is 468 cm³/mol. The Morgan fingerprint density at radius 1 is 0.140 bits per heavy atom. The van der Waals surface area contributed by atoms with Crippen LogP contribution < -0.4 is 0 Å². The molecule has 6 heterocycles. The molecule has 2 aliphatic rings. The van der Waals surface area contributed by atoms with Crippen LogP contribution in [0.15, 0.2) is 401 Å². The standard InChI is InChI=1S/C108H84N6/c1-5-26-73(27-6-1)103-54-48-79(67-109-103)91-36-13-19-42-97(91)85-61-86(98-43-20-14-37-92(98)80-49-55-104(110-68-80)74-28-7-2-8-29-74)64-89(63-85)101-46-23-17-40-95(101)83-52-58-107(113-71-83)77-34-25-35-78(60-77)108-59-53-84(72-114-108)96-41-18-24-47-102(96)90-65-87(99-44-21-15-38-93(99)81-50-56-105(111-69-81)75-30-9-3-10-31-75)62-88(66-90)100-45-22-16-39-94(100)82-51-57-106(112-70-82)76-32-11-4-12-33-76/h1-60,67-72,85-90H,61-66H2. The molecule has 0 amide bonds. The Morgan fingerprint density at radius 3 is 0.491 bits per heavy atom. The highest BCUT2D eigenvalue weighted by Gasteiger charge is 2.37. The molecule has 17 aromatic rings. The van der Waals surface area contributed by atoms with E-state index in [9.17, 15) is 0 Å². The molecule has 19 rings (SSSR count). The Labute approximate surface area is 668 Å². The number of rotatable bonds is 18. The SMILES string of the molecule is c1ccc(-c2ccc(-c3ccccc3C3CC(c4ccccc4-c4ccc(-c5ccccc5)nc4)CC(c4ccccc4-c4ccc(-c5cccc(-c6ccc(-c7ccccc7C7CC(c8ccccc8-c8ccc(-c9ccccc9)nc8)CC(c8ccccc8-c8ccc(-c9ccccc9)nc8)C7)cn6)c5)nc4)C3)cn2)cc1. The first-order chi connectivity index (χ1) is 56.5. The summed E-state index contributed by atoms with van der Waals surface area (Å²) in [7, 11) is 0. The van der Waals surface area contributed by atoms with Crippen molar-refractivity contribution in [3.8, 4) is 134 Å². The van der Waals surface area contributed by atoms with Crippen LogP contribution >= 0.6 is 0 Å². The Hall–Kier alpha value is -13.7. The van der Waals surface area contributed by atoms with Crippen molar-refractivity contribution < 1.29 is 0 Å². The molecule has 0 bridgehead atoms. The zero-order valence-electron chi connectivity index (χ0n) is 63.5. The summed E-state index contributed by atoms with van der Waals surface area (Å²) < 4.78 is 0. The van der Waals surface area contributed by atoms with Crippen LogP contribution in [0.3, 0.4) is 0 Å². The summed E-state index contributed by atoms with van der Waals surface area (Å²) in [5.74, 6) is 1.49. The second-order valence-electron chi connectivity index (χ2n) is 30.8. The maximum absolute atomic E-state index is 5.30. The van der Waals surface area contributed by atoms with Crippen LogP contribution in [0.1, 0.15) is 107 Å². The molecular formula is C108H84N6. The van der Waals surface area contributed by atoms with E-state index < -0.39 is 0 Å². The highest BCUT2D eigenvalue weighted by Crippen LogP contribution is 2.55. The van der Waals surface area contributed by atoms with Crippen LogP contribution in [0.5, 0.6) is 0 Å². The molecule has 4 atom stereocenters. The van der Waals surface area contributed by atoms with Crippen LogP contribution in [-0.2, 0) is 0 Å². The van der Waals surface area contributed by atoms with Gasteiger partial charge >= 0.3 is 0 Å². The van der Waals surface area contributed by atoms with Crippen molar-refractivity contribution in [3.05, 3.63) is 435 Å². The minimum Gasteiger partial charge on any atom is -0.256 e. The van der Waals surface area contributed by atoms with Gasteiger partial charge in [0, 0.05) is 104 Å². The first-order valence-corrected chi connectivity index (χ1v) is 40.1. The minimum absolute atomic E-state index is 0.239. The van der Waals surface area contributed by atoms with Gasteiger partial charge in [0.25, 0.3) is 0 Å². The number of aromatic nitrogens is 6. The van der Waals surface area contributed by atoms with Gasteiger partial charge in [-0.2, -0.15) is 0 Å². The first kappa shape index (κ1) is 70.7. The van der Waals surface area contributed by atoms with E-state index in [1.54, 1.807) is 0 Å². The molecular weight excluding hydrogens is 1380 g/mol. The highest BCUT2D eigenvalue weighted by atomic mass is 14.7. The highest BCUT2D eigenvalue weighted by molar-refractivity contribution is 5.79. The Kier molecular flexibility index (Phi) is 20.0. The topological polar surface area (TPSA) is 77.3 Å². The van der Waals surface area contributed by atoms with Gasteiger partial charge in [0.05, 0.1) is 34.2 Å². The molecule has 2 aliphatic carbocycles. The second kappa shape index (κ2) is 32.3. The third-order valence-electron chi connectivity index (χ3n) is 24.0. The van der Waals surface area contributed by atoms with Crippen molar-refractivity contribution in [1.82, 2.24) is 29.9 Å². The molecule has 11 aromatic carbocycles. The lowest BCUT2D eigenvalue weighted by Crippen LogP contribution is -2.21. The van der Waals surface area contributed by atoms with Crippen LogP contribution in [0.25, 0.3) is 134 Å². The van der Waals surface area contributed by atoms with E-state index in [1.807, 2.05) is 0 Å². The van der Waals surface area contributed by atoms with Crippen LogP contribution in [0.4, 0.5) is 0 Å². The lowest BCUT2D eigenvalue weighted by Gasteiger charge is -2.38. The van der Waals surface area contributed by atoms with Crippen LogP contribution in [0.2, 0.25) is 0 Å². The molecule has 546 valence electrons. The van der Waals surface area contributed by atoms with Gasteiger partial charge < -0.3 is 0 Å². The van der Waals surface area contributed by atoms with Crippen molar-refractivity contribution >= 4 is 0 Å². The third-order valence-corrected chi connectivity index (χ3v) is 24.0. The average Bonchev–Trinajstić information content (AvgIpc) is 0.764. The van der Waals surface area contributed by atoms with Gasteiger partial charge in [-0.25, -0.2) is 0 Å². The van der Waals surface area contributed by atoms with Gasteiger partial charge in [-0.15, -0.1) is 0 Å². The van der Waals surface area contributed by atoms with Crippen molar-refractivity contribution in [3.63, 3.8) is 0 Å². The Balaban J connectivity index is 0.608. The van der Waals surface area contributed by atoms with E-state index in [1.165, 1.54) is 66.8 Å². The summed E-state index contributed by atoms with van der Waals surface area (Å²) in [5, 5.41) is 0. The number of hydrogen-bond acceptors (Lipinski definition) is 6. The number of hydrogen-bond donors (Lipinski definition) is 0. The van der Waals surface area contributed by atoms with Crippen molar-refractivity contribution in [2.24, 2.45) is 0 Å². The first-order valence-electron chi connectivity index (χ1n) is 40.1. The summed E-state index contributed by atoms with van der Waals surface area (Å²) in [5.41, 5.74) is 34.6. The largest absolute Gasteiger partial charge is 0.256 e. The van der Waals surface area contributed by atoms with Gasteiger partial charge in [0.2, 0.25) is 0 Å². The van der Waals surface area contributed by atoms with Gasteiger partial charge in [0.15, 0.2) is 0 Å². The summed E-state index contributed by atoms with van der Waals surface area (Å²) in [4.78, 5) is 30.8. The molecule has 2 fully saturated rings. The zero-order chi connectivity index (χ0) is 75.9.